The van der Waals surface area contributed by atoms with Gasteiger partial charge in [0.1, 0.15) is 11.4 Å². The van der Waals surface area contributed by atoms with Gasteiger partial charge in [-0.2, -0.15) is 0 Å². The molecule has 0 aromatic carbocycles. The van der Waals surface area contributed by atoms with E-state index in [1.807, 2.05) is 0 Å². The molecular weight excluding hydrogens is 208 g/mol. The van der Waals surface area contributed by atoms with E-state index in [-0.39, 0.29) is 0 Å². The molecule has 0 aliphatic heterocycles. The number of nitrogen functional groups attached to an aromatic ring is 1. The standard InChI is InChI=1S/C10H14N4O2/c1-10(2,9(12)16)14-8(15)6-3-4-7(11)13-5-6/h3-5H,1-2H3,(H2,11,13)(H2,12,16)(H,14,15). The Kier molecular flexibility index (Phi) is 3.12. The predicted octanol–water partition coefficient (Wildman–Crippen LogP) is -0.342. The van der Waals surface area contributed by atoms with E-state index in [1.54, 1.807) is 0 Å². The Bertz CT molecular complexity index is 411. The molecule has 0 saturated carbocycles. The minimum atomic E-state index is -1.10. The lowest BCUT2D eigenvalue weighted by atomic mass is 10.0. The van der Waals surface area contributed by atoms with Crippen molar-refractivity contribution in [2.45, 2.75) is 19.4 Å². The quantitative estimate of drug-likeness (QED) is 0.649. The molecule has 0 atom stereocenters. The predicted molar refractivity (Wildman–Crippen MR) is 59.4 cm³/mol. The van der Waals surface area contributed by atoms with E-state index in [0.29, 0.717) is 11.4 Å². The lowest BCUT2D eigenvalue weighted by Crippen LogP contribution is -2.53. The number of amides is 2. The molecular formula is C10H14N4O2. The largest absolute Gasteiger partial charge is 0.384 e. The average Bonchev–Trinajstić information content (AvgIpc) is 2.17. The van der Waals surface area contributed by atoms with Crippen LogP contribution in [0.1, 0.15) is 24.2 Å². The van der Waals surface area contributed by atoms with Crippen molar-refractivity contribution >= 4 is 17.6 Å². The number of carbonyl (C=O) groups is 2. The molecule has 5 N–H and O–H groups in total. The zero-order chi connectivity index (χ0) is 12.3. The lowest BCUT2D eigenvalue weighted by molar-refractivity contribution is -0.122. The number of nitrogens with zero attached hydrogens (tertiary/aromatic N) is 1. The summed E-state index contributed by atoms with van der Waals surface area (Å²) in [6.45, 7) is 3.05. The van der Waals surface area contributed by atoms with Crippen LogP contribution in [-0.2, 0) is 4.79 Å². The highest BCUT2D eigenvalue weighted by Gasteiger charge is 2.27. The average molecular weight is 222 g/mol. The summed E-state index contributed by atoms with van der Waals surface area (Å²) < 4.78 is 0. The molecule has 0 unspecified atom stereocenters. The summed E-state index contributed by atoms with van der Waals surface area (Å²) in [5.41, 5.74) is 9.74. The highest BCUT2D eigenvalue weighted by Crippen LogP contribution is 2.05. The van der Waals surface area contributed by atoms with Crippen molar-refractivity contribution in [2.24, 2.45) is 5.73 Å². The summed E-state index contributed by atoms with van der Waals surface area (Å²) in [4.78, 5) is 26.5. The van der Waals surface area contributed by atoms with E-state index >= 15 is 0 Å². The van der Waals surface area contributed by atoms with Crippen molar-refractivity contribution in [3.63, 3.8) is 0 Å². The fourth-order valence-corrected chi connectivity index (χ4v) is 0.957. The van der Waals surface area contributed by atoms with Crippen LogP contribution in [-0.4, -0.2) is 22.3 Å². The van der Waals surface area contributed by atoms with Gasteiger partial charge >= 0.3 is 0 Å². The van der Waals surface area contributed by atoms with Crippen LogP contribution in [0.2, 0.25) is 0 Å². The molecule has 0 fully saturated rings. The highest BCUT2D eigenvalue weighted by molar-refractivity contribution is 5.98. The minimum absolute atomic E-state index is 0.323. The molecule has 86 valence electrons. The van der Waals surface area contributed by atoms with Crippen LogP contribution in [0.5, 0.6) is 0 Å². The molecule has 16 heavy (non-hydrogen) atoms. The third-order valence-electron chi connectivity index (χ3n) is 2.09. The topological polar surface area (TPSA) is 111 Å². The number of pyridine rings is 1. The molecule has 6 heteroatoms. The molecule has 1 aromatic rings. The van der Waals surface area contributed by atoms with Gasteiger partial charge in [-0.15, -0.1) is 0 Å². The molecule has 0 aliphatic carbocycles. The number of hydrogen-bond donors (Lipinski definition) is 3. The summed E-state index contributed by atoms with van der Waals surface area (Å²) in [6, 6.07) is 3.03. The number of nitrogens with one attached hydrogen (secondary N) is 1. The smallest absolute Gasteiger partial charge is 0.253 e. The Morgan fingerprint density at radius 3 is 2.44 bits per heavy atom. The van der Waals surface area contributed by atoms with Crippen molar-refractivity contribution in [2.75, 3.05) is 5.73 Å². The first kappa shape index (κ1) is 12.0. The van der Waals surface area contributed by atoms with Crippen LogP contribution in [0.25, 0.3) is 0 Å². The van der Waals surface area contributed by atoms with Gasteiger partial charge < -0.3 is 16.8 Å². The SMILES string of the molecule is CC(C)(NC(=O)c1ccc(N)nc1)C(N)=O. The van der Waals surface area contributed by atoms with Gasteiger partial charge in [0.15, 0.2) is 0 Å². The highest BCUT2D eigenvalue weighted by atomic mass is 16.2. The van der Waals surface area contributed by atoms with Gasteiger partial charge in [-0.1, -0.05) is 0 Å². The second-order valence-corrected chi connectivity index (χ2v) is 3.92. The van der Waals surface area contributed by atoms with E-state index in [1.165, 1.54) is 32.2 Å². The van der Waals surface area contributed by atoms with Crippen molar-refractivity contribution in [3.8, 4) is 0 Å². The summed E-state index contributed by atoms with van der Waals surface area (Å²) in [5, 5.41) is 2.50. The minimum Gasteiger partial charge on any atom is -0.384 e. The van der Waals surface area contributed by atoms with E-state index in [2.05, 4.69) is 10.3 Å². The van der Waals surface area contributed by atoms with Gasteiger partial charge in [-0.05, 0) is 26.0 Å². The van der Waals surface area contributed by atoms with E-state index < -0.39 is 17.4 Å². The maximum atomic E-state index is 11.7. The maximum absolute atomic E-state index is 11.7. The molecule has 6 nitrogen and oxygen atoms in total. The van der Waals surface area contributed by atoms with Crippen LogP contribution in [0, 0.1) is 0 Å². The van der Waals surface area contributed by atoms with Crippen molar-refractivity contribution in [1.82, 2.24) is 10.3 Å². The first-order chi connectivity index (χ1) is 7.33. The van der Waals surface area contributed by atoms with Crippen molar-refractivity contribution in [1.29, 1.82) is 0 Å². The molecule has 1 heterocycles. The molecule has 0 bridgehead atoms. The van der Waals surface area contributed by atoms with E-state index in [9.17, 15) is 9.59 Å². The van der Waals surface area contributed by atoms with E-state index in [4.69, 9.17) is 11.5 Å². The summed E-state index contributed by atoms with van der Waals surface area (Å²) in [6.07, 6.45) is 1.34. The number of nitrogens with two attached hydrogens (primary N) is 2. The summed E-state index contributed by atoms with van der Waals surface area (Å²) >= 11 is 0. The lowest BCUT2D eigenvalue weighted by Gasteiger charge is -2.22. The van der Waals surface area contributed by atoms with Crippen molar-refractivity contribution in [3.05, 3.63) is 23.9 Å². The van der Waals surface area contributed by atoms with Gasteiger partial charge in [0.25, 0.3) is 5.91 Å². The van der Waals surface area contributed by atoms with Crippen molar-refractivity contribution < 1.29 is 9.59 Å². The Hall–Kier alpha value is -2.11. The van der Waals surface area contributed by atoms with Gasteiger partial charge in [0.2, 0.25) is 5.91 Å². The number of rotatable bonds is 3. The van der Waals surface area contributed by atoms with E-state index in [0.717, 1.165) is 0 Å². The number of aromatic nitrogens is 1. The number of carbonyl (C=O) groups excluding carboxylic acids is 2. The van der Waals surface area contributed by atoms with Crippen LogP contribution in [0.3, 0.4) is 0 Å². The normalized spacial score (nSPS) is 10.9. The van der Waals surface area contributed by atoms with Gasteiger partial charge in [-0.3, -0.25) is 9.59 Å². The Labute approximate surface area is 93.0 Å². The third-order valence-corrected chi connectivity index (χ3v) is 2.09. The monoisotopic (exact) mass is 222 g/mol. The van der Waals surface area contributed by atoms with Crippen LogP contribution >= 0.6 is 0 Å². The Morgan fingerprint density at radius 2 is 2.00 bits per heavy atom. The number of hydrogen-bond acceptors (Lipinski definition) is 4. The fraction of sp³-hybridized carbons (Fsp3) is 0.300. The molecule has 0 radical (unpaired) electrons. The maximum Gasteiger partial charge on any atom is 0.253 e. The number of anilines is 1. The Morgan fingerprint density at radius 1 is 1.38 bits per heavy atom. The van der Waals surface area contributed by atoms with Crippen LogP contribution in [0.4, 0.5) is 5.82 Å². The molecule has 0 spiro atoms. The van der Waals surface area contributed by atoms with Gasteiger partial charge in [0, 0.05) is 6.20 Å². The molecule has 2 amide bonds. The molecule has 1 rings (SSSR count). The van der Waals surface area contributed by atoms with Gasteiger partial charge in [0.05, 0.1) is 5.56 Å². The zero-order valence-electron chi connectivity index (χ0n) is 9.15. The summed E-state index contributed by atoms with van der Waals surface area (Å²) in [5.74, 6) is -0.703. The first-order valence-corrected chi connectivity index (χ1v) is 4.67. The molecule has 0 aliphatic rings. The molecule has 1 aromatic heterocycles. The fourth-order valence-electron chi connectivity index (χ4n) is 0.957. The van der Waals surface area contributed by atoms with Crippen LogP contribution < -0.4 is 16.8 Å². The third kappa shape index (κ3) is 2.69. The van der Waals surface area contributed by atoms with Gasteiger partial charge in [-0.25, -0.2) is 4.98 Å². The first-order valence-electron chi connectivity index (χ1n) is 4.67. The second-order valence-electron chi connectivity index (χ2n) is 3.92. The zero-order valence-corrected chi connectivity index (χ0v) is 9.15. The second kappa shape index (κ2) is 4.18. The Balaban J connectivity index is 2.81. The van der Waals surface area contributed by atoms with Crippen LogP contribution in [0.15, 0.2) is 18.3 Å². The molecule has 0 saturated heterocycles. The summed E-state index contributed by atoms with van der Waals surface area (Å²) in [7, 11) is 0. The number of primary amides is 1.